The fourth-order valence-corrected chi connectivity index (χ4v) is 2.60. The first-order valence-electron chi connectivity index (χ1n) is 7.70. The van der Waals surface area contributed by atoms with Gasteiger partial charge in [-0.25, -0.2) is 0 Å². The lowest BCUT2D eigenvalue weighted by atomic mass is 10.0. The van der Waals surface area contributed by atoms with Crippen LogP contribution in [-0.2, 0) is 6.54 Å². The van der Waals surface area contributed by atoms with Crippen molar-refractivity contribution in [1.29, 1.82) is 0 Å². The van der Waals surface area contributed by atoms with Crippen LogP contribution in [0.2, 0.25) is 0 Å². The first-order chi connectivity index (χ1) is 10.3. The zero-order valence-corrected chi connectivity index (χ0v) is 13.2. The van der Waals surface area contributed by atoms with Crippen molar-refractivity contribution in [2.75, 3.05) is 18.5 Å². The van der Waals surface area contributed by atoms with Crippen LogP contribution in [0.25, 0.3) is 0 Å². The van der Waals surface area contributed by atoms with Gasteiger partial charge in [-0.15, -0.1) is 0 Å². The monoisotopic (exact) mass is 283 g/mol. The highest BCUT2D eigenvalue weighted by Gasteiger charge is 2.09. The molecule has 3 heteroatoms. The Morgan fingerprint density at radius 3 is 2.38 bits per heavy atom. The Hall–Kier alpha value is -1.87. The molecule has 1 aromatic carbocycles. The summed E-state index contributed by atoms with van der Waals surface area (Å²) in [6, 6.07) is 15.4. The van der Waals surface area contributed by atoms with Gasteiger partial charge >= 0.3 is 0 Å². The predicted molar refractivity (Wildman–Crippen MR) is 89.5 cm³/mol. The molecule has 1 unspecified atom stereocenters. The highest BCUT2D eigenvalue weighted by atomic mass is 15.1. The van der Waals surface area contributed by atoms with E-state index in [1.165, 1.54) is 11.3 Å². The van der Waals surface area contributed by atoms with E-state index in [2.05, 4.69) is 59.4 Å². The summed E-state index contributed by atoms with van der Waals surface area (Å²) in [7, 11) is 2.02. The highest BCUT2D eigenvalue weighted by Crippen LogP contribution is 2.22. The topological polar surface area (TPSA) is 28.2 Å². The highest BCUT2D eigenvalue weighted by molar-refractivity contribution is 5.48. The van der Waals surface area contributed by atoms with Gasteiger partial charge in [0.05, 0.1) is 12.2 Å². The number of pyridine rings is 1. The Kier molecular flexibility index (Phi) is 5.76. The van der Waals surface area contributed by atoms with Gasteiger partial charge in [-0.3, -0.25) is 4.98 Å². The summed E-state index contributed by atoms with van der Waals surface area (Å²) >= 11 is 0. The van der Waals surface area contributed by atoms with Gasteiger partial charge in [0.15, 0.2) is 0 Å². The van der Waals surface area contributed by atoms with Crippen LogP contribution in [0.1, 0.15) is 37.6 Å². The van der Waals surface area contributed by atoms with Gasteiger partial charge in [0.1, 0.15) is 0 Å². The van der Waals surface area contributed by atoms with Gasteiger partial charge in [-0.2, -0.15) is 0 Å². The zero-order chi connectivity index (χ0) is 15.1. The van der Waals surface area contributed by atoms with E-state index in [0.29, 0.717) is 6.04 Å². The SMILES string of the molecule is CCC(NC)c1ccc(N(CC)Cc2ccccn2)cc1. The van der Waals surface area contributed by atoms with Crippen LogP contribution in [-0.4, -0.2) is 18.6 Å². The maximum absolute atomic E-state index is 4.41. The van der Waals surface area contributed by atoms with Crippen molar-refractivity contribution in [3.05, 3.63) is 59.9 Å². The lowest BCUT2D eigenvalue weighted by Crippen LogP contribution is -2.22. The predicted octanol–water partition coefficient (Wildman–Crippen LogP) is 3.78. The summed E-state index contributed by atoms with van der Waals surface area (Å²) in [5.41, 5.74) is 3.69. The molecule has 1 aromatic heterocycles. The fourth-order valence-electron chi connectivity index (χ4n) is 2.60. The molecule has 112 valence electrons. The second-order valence-electron chi connectivity index (χ2n) is 5.18. The maximum Gasteiger partial charge on any atom is 0.0601 e. The van der Waals surface area contributed by atoms with E-state index in [0.717, 1.165) is 25.2 Å². The summed E-state index contributed by atoms with van der Waals surface area (Å²) in [5.74, 6) is 0. The number of benzene rings is 1. The molecule has 1 atom stereocenters. The molecule has 2 rings (SSSR count). The van der Waals surface area contributed by atoms with Crippen molar-refractivity contribution in [2.45, 2.75) is 32.9 Å². The smallest absolute Gasteiger partial charge is 0.0601 e. The van der Waals surface area contributed by atoms with Gasteiger partial charge in [-0.1, -0.05) is 25.1 Å². The Balaban J connectivity index is 2.12. The average Bonchev–Trinajstić information content (AvgIpc) is 2.55. The number of rotatable bonds is 7. The first-order valence-corrected chi connectivity index (χ1v) is 7.70. The Morgan fingerprint density at radius 2 is 1.86 bits per heavy atom. The van der Waals surface area contributed by atoms with Crippen LogP contribution in [0.5, 0.6) is 0 Å². The fraction of sp³-hybridized carbons (Fsp3) is 0.389. The molecule has 0 bridgehead atoms. The standard InChI is InChI=1S/C18H25N3/c1-4-18(19-3)15-9-11-17(12-10-15)21(5-2)14-16-8-6-7-13-20-16/h6-13,18-19H,4-5,14H2,1-3H3. The minimum absolute atomic E-state index is 0.435. The third-order valence-corrected chi connectivity index (χ3v) is 3.88. The van der Waals surface area contributed by atoms with Crippen molar-refractivity contribution in [3.8, 4) is 0 Å². The number of hydrogen-bond donors (Lipinski definition) is 1. The molecule has 0 radical (unpaired) electrons. The van der Waals surface area contributed by atoms with E-state index in [1.54, 1.807) is 0 Å². The molecule has 0 aliphatic rings. The zero-order valence-electron chi connectivity index (χ0n) is 13.2. The lowest BCUT2D eigenvalue weighted by molar-refractivity contribution is 0.577. The van der Waals surface area contributed by atoms with Gasteiger partial charge in [0, 0.05) is 24.5 Å². The van der Waals surface area contributed by atoms with Crippen LogP contribution in [0.15, 0.2) is 48.7 Å². The molecule has 0 amide bonds. The lowest BCUT2D eigenvalue weighted by Gasteiger charge is -2.23. The Labute approximate surface area is 128 Å². The van der Waals surface area contributed by atoms with Crippen molar-refractivity contribution in [2.24, 2.45) is 0 Å². The first kappa shape index (κ1) is 15.5. The van der Waals surface area contributed by atoms with E-state index in [9.17, 15) is 0 Å². The molecule has 1 heterocycles. The third-order valence-electron chi connectivity index (χ3n) is 3.88. The molecular weight excluding hydrogens is 258 g/mol. The molecule has 0 saturated heterocycles. The normalized spacial score (nSPS) is 12.1. The Bertz CT molecular complexity index is 518. The molecule has 0 aliphatic carbocycles. The summed E-state index contributed by atoms with van der Waals surface area (Å²) < 4.78 is 0. The molecule has 0 saturated carbocycles. The number of anilines is 1. The van der Waals surface area contributed by atoms with Gasteiger partial charge < -0.3 is 10.2 Å². The van der Waals surface area contributed by atoms with Crippen molar-refractivity contribution in [1.82, 2.24) is 10.3 Å². The molecule has 2 aromatic rings. The minimum Gasteiger partial charge on any atom is -0.366 e. The third kappa shape index (κ3) is 4.05. The molecular formula is C18H25N3. The van der Waals surface area contributed by atoms with Crippen molar-refractivity contribution in [3.63, 3.8) is 0 Å². The van der Waals surface area contributed by atoms with Crippen LogP contribution < -0.4 is 10.2 Å². The van der Waals surface area contributed by atoms with Gasteiger partial charge in [0.2, 0.25) is 0 Å². The van der Waals surface area contributed by atoms with Crippen LogP contribution in [0, 0.1) is 0 Å². The molecule has 1 N–H and O–H groups in total. The van der Waals surface area contributed by atoms with E-state index in [-0.39, 0.29) is 0 Å². The summed E-state index contributed by atoms with van der Waals surface area (Å²) in [6.07, 6.45) is 2.95. The van der Waals surface area contributed by atoms with Crippen LogP contribution in [0.3, 0.4) is 0 Å². The number of nitrogens with one attached hydrogen (secondary N) is 1. The van der Waals surface area contributed by atoms with Crippen LogP contribution in [0.4, 0.5) is 5.69 Å². The quantitative estimate of drug-likeness (QED) is 0.838. The summed E-state index contributed by atoms with van der Waals surface area (Å²) in [5, 5.41) is 3.35. The number of hydrogen-bond acceptors (Lipinski definition) is 3. The van der Waals surface area contributed by atoms with Crippen LogP contribution >= 0.6 is 0 Å². The van der Waals surface area contributed by atoms with E-state index >= 15 is 0 Å². The molecule has 0 fully saturated rings. The Morgan fingerprint density at radius 1 is 1.10 bits per heavy atom. The minimum atomic E-state index is 0.435. The molecule has 0 spiro atoms. The molecule has 0 aliphatic heterocycles. The summed E-state index contributed by atoms with van der Waals surface area (Å²) in [6.45, 7) is 6.20. The van der Waals surface area contributed by atoms with E-state index < -0.39 is 0 Å². The van der Waals surface area contributed by atoms with E-state index in [1.807, 2.05) is 25.4 Å². The average molecular weight is 283 g/mol. The second-order valence-corrected chi connectivity index (χ2v) is 5.18. The molecule has 21 heavy (non-hydrogen) atoms. The largest absolute Gasteiger partial charge is 0.366 e. The number of aromatic nitrogens is 1. The summed E-state index contributed by atoms with van der Waals surface area (Å²) in [4.78, 5) is 6.75. The number of nitrogens with zero attached hydrogens (tertiary/aromatic N) is 2. The second kappa shape index (κ2) is 7.79. The van der Waals surface area contributed by atoms with Gasteiger partial charge in [0.25, 0.3) is 0 Å². The molecule has 3 nitrogen and oxygen atoms in total. The van der Waals surface area contributed by atoms with Crippen molar-refractivity contribution < 1.29 is 0 Å². The van der Waals surface area contributed by atoms with E-state index in [4.69, 9.17) is 0 Å². The van der Waals surface area contributed by atoms with Gasteiger partial charge in [-0.05, 0) is 50.2 Å². The maximum atomic E-state index is 4.41. The van der Waals surface area contributed by atoms with Crippen molar-refractivity contribution >= 4 is 5.69 Å².